The molecule has 0 unspecified atom stereocenters. The maximum absolute atomic E-state index is 12.7. The van der Waals surface area contributed by atoms with E-state index in [9.17, 15) is 9.59 Å². The summed E-state index contributed by atoms with van der Waals surface area (Å²) in [6.45, 7) is 0.691. The molecule has 6 heteroatoms. The summed E-state index contributed by atoms with van der Waals surface area (Å²) in [6.07, 6.45) is 7.58. The largest absolute Gasteiger partial charge is 0.490 e. The third kappa shape index (κ3) is 4.73. The van der Waals surface area contributed by atoms with Gasteiger partial charge in [-0.15, -0.1) is 0 Å². The van der Waals surface area contributed by atoms with Gasteiger partial charge in [0.15, 0.2) is 0 Å². The minimum absolute atomic E-state index is 0.0955. The summed E-state index contributed by atoms with van der Waals surface area (Å²) in [6, 6.07) is 12.5. The lowest BCUT2D eigenvalue weighted by Crippen LogP contribution is -2.23. The molecule has 2 fully saturated rings. The number of amides is 2. The molecule has 0 bridgehead atoms. The Kier molecular flexibility index (Phi) is 6.05. The third-order valence-electron chi connectivity index (χ3n) is 5.55. The SMILES string of the molecule is O=C(Nc1cc(N2CCCC2=O)ccc1Cl)c1ccc(OC2CCCCC2)cc1. The summed E-state index contributed by atoms with van der Waals surface area (Å²) in [7, 11) is 0. The Morgan fingerprint density at radius 1 is 1.03 bits per heavy atom. The molecule has 2 aliphatic rings. The van der Waals surface area contributed by atoms with Crippen LogP contribution in [0.1, 0.15) is 55.3 Å². The summed E-state index contributed by atoms with van der Waals surface area (Å²) in [5, 5.41) is 3.29. The number of hydrogen-bond donors (Lipinski definition) is 1. The molecule has 1 saturated carbocycles. The molecule has 2 aromatic carbocycles. The van der Waals surface area contributed by atoms with E-state index in [-0.39, 0.29) is 17.9 Å². The van der Waals surface area contributed by atoms with E-state index in [1.54, 1.807) is 35.2 Å². The number of rotatable bonds is 5. The quantitative estimate of drug-likeness (QED) is 0.712. The number of nitrogens with one attached hydrogen (secondary N) is 1. The number of hydrogen-bond acceptors (Lipinski definition) is 3. The average Bonchev–Trinajstić information content (AvgIpc) is 3.17. The van der Waals surface area contributed by atoms with Crippen molar-refractivity contribution in [3.05, 3.63) is 53.1 Å². The highest BCUT2D eigenvalue weighted by atomic mass is 35.5. The Hall–Kier alpha value is -2.53. The van der Waals surface area contributed by atoms with E-state index in [0.717, 1.165) is 30.7 Å². The third-order valence-corrected chi connectivity index (χ3v) is 5.88. The van der Waals surface area contributed by atoms with Gasteiger partial charge in [-0.1, -0.05) is 18.0 Å². The van der Waals surface area contributed by atoms with Gasteiger partial charge in [0.2, 0.25) is 5.91 Å². The Balaban J connectivity index is 1.42. The molecule has 1 saturated heterocycles. The van der Waals surface area contributed by atoms with Crippen molar-refractivity contribution in [3.63, 3.8) is 0 Å². The molecule has 2 amide bonds. The fourth-order valence-electron chi connectivity index (χ4n) is 3.95. The highest BCUT2D eigenvalue weighted by Gasteiger charge is 2.22. The maximum atomic E-state index is 12.7. The molecule has 1 aliphatic heterocycles. The highest BCUT2D eigenvalue weighted by Crippen LogP contribution is 2.30. The molecule has 2 aromatic rings. The van der Waals surface area contributed by atoms with Crippen LogP contribution in [0.5, 0.6) is 5.75 Å². The number of nitrogens with zero attached hydrogens (tertiary/aromatic N) is 1. The van der Waals surface area contributed by atoms with E-state index >= 15 is 0 Å². The van der Waals surface area contributed by atoms with E-state index in [2.05, 4.69) is 5.32 Å². The van der Waals surface area contributed by atoms with Gasteiger partial charge in [-0.25, -0.2) is 0 Å². The molecule has 4 rings (SSSR count). The van der Waals surface area contributed by atoms with Crippen LogP contribution in [-0.4, -0.2) is 24.5 Å². The Labute approximate surface area is 176 Å². The van der Waals surface area contributed by atoms with Gasteiger partial charge in [-0.3, -0.25) is 9.59 Å². The summed E-state index contributed by atoms with van der Waals surface area (Å²) in [4.78, 5) is 26.4. The molecule has 0 aromatic heterocycles. The molecule has 1 aliphatic carbocycles. The van der Waals surface area contributed by atoms with Crippen LogP contribution in [0.3, 0.4) is 0 Å². The Bertz CT molecular complexity index is 891. The predicted molar refractivity (Wildman–Crippen MR) is 115 cm³/mol. The minimum atomic E-state index is -0.249. The summed E-state index contributed by atoms with van der Waals surface area (Å²) < 4.78 is 6.02. The van der Waals surface area contributed by atoms with Crippen molar-refractivity contribution < 1.29 is 14.3 Å². The lowest BCUT2D eigenvalue weighted by Gasteiger charge is -2.23. The van der Waals surface area contributed by atoms with Crippen LogP contribution in [-0.2, 0) is 4.79 Å². The molecule has 1 heterocycles. The van der Waals surface area contributed by atoms with Gasteiger partial charge in [0, 0.05) is 24.2 Å². The molecule has 0 spiro atoms. The maximum Gasteiger partial charge on any atom is 0.255 e. The van der Waals surface area contributed by atoms with Gasteiger partial charge in [-0.2, -0.15) is 0 Å². The Morgan fingerprint density at radius 3 is 2.48 bits per heavy atom. The lowest BCUT2D eigenvalue weighted by atomic mass is 9.98. The first kappa shape index (κ1) is 19.8. The molecule has 5 nitrogen and oxygen atoms in total. The summed E-state index contributed by atoms with van der Waals surface area (Å²) in [5.41, 5.74) is 1.78. The molecule has 29 heavy (non-hydrogen) atoms. The van der Waals surface area contributed by atoms with Crippen molar-refractivity contribution in [3.8, 4) is 5.75 Å². The average molecular weight is 413 g/mol. The van der Waals surface area contributed by atoms with Crippen molar-refractivity contribution in [1.82, 2.24) is 0 Å². The van der Waals surface area contributed by atoms with Gasteiger partial charge >= 0.3 is 0 Å². The molecule has 1 N–H and O–H groups in total. The molecule has 0 radical (unpaired) electrons. The second-order valence-electron chi connectivity index (χ2n) is 7.67. The topological polar surface area (TPSA) is 58.6 Å². The first-order valence-electron chi connectivity index (χ1n) is 10.3. The van der Waals surface area contributed by atoms with Crippen LogP contribution in [0, 0.1) is 0 Å². The van der Waals surface area contributed by atoms with Crippen molar-refractivity contribution >= 4 is 34.8 Å². The Morgan fingerprint density at radius 2 is 1.79 bits per heavy atom. The van der Waals surface area contributed by atoms with Crippen molar-refractivity contribution in [2.75, 3.05) is 16.8 Å². The first-order chi connectivity index (χ1) is 14.1. The molecular formula is C23H25ClN2O3. The lowest BCUT2D eigenvalue weighted by molar-refractivity contribution is -0.117. The van der Waals surface area contributed by atoms with Crippen molar-refractivity contribution in [2.24, 2.45) is 0 Å². The fourth-order valence-corrected chi connectivity index (χ4v) is 4.12. The summed E-state index contributed by atoms with van der Waals surface area (Å²) in [5.74, 6) is 0.639. The fraction of sp³-hybridized carbons (Fsp3) is 0.391. The summed E-state index contributed by atoms with van der Waals surface area (Å²) >= 11 is 6.27. The first-order valence-corrected chi connectivity index (χ1v) is 10.7. The monoisotopic (exact) mass is 412 g/mol. The predicted octanol–water partition coefficient (Wildman–Crippen LogP) is 5.43. The van der Waals surface area contributed by atoms with E-state index in [1.165, 1.54) is 19.3 Å². The number of carbonyl (C=O) groups is 2. The van der Waals surface area contributed by atoms with Crippen molar-refractivity contribution in [1.29, 1.82) is 0 Å². The zero-order valence-electron chi connectivity index (χ0n) is 16.3. The van der Waals surface area contributed by atoms with Gasteiger partial charge < -0.3 is 15.0 Å². The minimum Gasteiger partial charge on any atom is -0.490 e. The van der Waals surface area contributed by atoms with Gasteiger partial charge in [0.1, 0.15) is 5.75 Å². The normalized spacial score (nSPS) is 17.4. The number of halogens is 1. The molecule has 152 valence electrons. The van der Waals surface area contributed by atoms with Crippen LogP contribution in [0.4, 0.5) is 11.4 Å². The highest BCUT2D eigenvalue weighted by molar-refractivity contribution is 6.34. The van der Waals surface area contributed by atoms with E-state index in [0.29, 0.717) is 29.2 Å². The van der Waals surface area contributed by atoms with Gasteiger partial charge in [0.25, 0.3) is 5.91 Å². The molecular weight excluding hydrogens is 388 g/mol. The number of benzene rings is 2. The second kappa shape index (κ2) is 8.87. The molecule has 0 atom stereocenters. The van der Waals surface area contributed by atoms with E-state index in [1.807, 2.05) is 12.1 Å². The number of carbonyl (C=O) groups excluding carboxylic acids is 2. The smallest absolute Gasteiger partial charge is 0.255 e. The van der Waals surface area contributed by atoms with Gasteiger partial charge in [-0.05, 0) is 74.6 Å². The van der Waals surface area contributed by atoms with Crippen LogP contribution < -0.4 is 15.0 Å². The van der Waals surface area contributed by atoms with Crippen molar-refractivity contribution in [2.45, 2.75) is 51.0 Å². The van der Waals surface area contributed by atoms with Crippen LogP contribution >= 0.6 is 11.6 Å². The van der Waals surface area contributed by atoms with E-state index < -0.39 is 0 Å². The van der Waals surface area contributed by atoms with Crippen LogP contribution in [0.25, 0.3) is 0 Å². The zero-order valence-corrected chi connectivity index (χ0v) is 17.1. The van der Waals surface area contributed by atoms with Crippen LogP contribution in [0.2, 0.25) is 5.02 Å². The van der Waals surface area contributed by atoms with Gasteiger partial charge in [0.05, 0.1) is 16.8 Å². The van der Waals surface area contributed by atoms with E-state index in [4.69, 9.17) is 16.3 Å². The standard InChI is InChI=1S/C23H25ClN2O3/c24-20-13-10-17(26-14-4-7-22(26)27)15-21(20)25-23(28)16-8-11-19(12-9-16)29-18-5-2-1-3-6-18/h8-13,15,18H,1-7,14H2,(H,25,28). The second-order valence-corrected chi connectivity index (χ2v) is 8.08. The van der Waals surface area contributed by atoms with Crippen LogP contribution in [0.15, 0.2) is 42.5 Å². The zero-order chi connectivity index (χ0) is 20.2. The number of ether oxygens (including phenoxy) is 1. The number of anilines is 2.